The molecule has 118 valence electrons. The van der Waals surface area contributed by atoms with E-state index < -0.39 is 0 Å². The maximum atomic E-state index is 9.35. The van der Waals surface area contributed by atoms with Gasteiger partial charge < -0.3 is 15.3 Å². The van der Waals surface area contributed by atoms with E-state index in [1.54, 1.807) is 11.8 Å². The van der Waals surface area contributed by atoms with Crippen molar-refractivity contribution in [2.45, 2.75) is 31.1 Å². The summed E-state index contributed by atoms with van der Waals surface area (Å²) >= 11 is 1.60. The zero-order valence-corrected chi connectivity index (χ0v) is 13.2. The zero-order valence-electron chi connectivity index (χ0n) is 12.4. The number of hydrogen-bond donors (Lipinski definition) is 4. The van der Waals surface area contributed by atoms with Crippen molar-refractivity contribution in [3.05, 3.63) is 0 Å². The van der Waals surface area contributed by atoms with Gasteiger partial charge in [0.15, 0.2) is 0 Å². The molecule has 0 saturated carbocycles. The van der Waals surface area contributed by atoms with Gasteiger partial charge in [0, 0.05) is 24.4 Å². The molecule has 1 fully saturated rings. The molecule has 1 aromatic heterocycles. The van der Waals surface area contributed by atoms with Gasteiger partial charge in [0.2, 0.25) is 17.8 Å². The van der Waals surface area contributed by atoms with Gasteiger partial charge in [-0.1, -0.05) is 0 Å². The number of hydrogen-bond acceptors (Lipinski definition) is 9. The fourth-order valence-electron chi connectivity index (χ4n) is 2.29. The van der Waals surface area contributed by atoms with Crippen LogP contribution < -0.4 is 21.5 Å². The van der Waals surface area contributed by atoms with Crippen LogP contribution in [0.25, 0.3) is 0 Å². The lowest BCUT2D eigenvalue weighted by Gasteiger charge is -2.22. The molecule has 1 aromatic rings. The predicted molar refractivity (Wildman–Crippen MR) is 86.6 cm³/mol. The lowest BCUT2D eigenvalue weighted by molar-refractivity contribution is 0.288. The maximum Gasteiger partial charge on any atom is 0.243 e. The highest BCUT2D eigenvalue weighted by Gasteiger charge is 2.20. The molecule has 0 radical (unpaired) electrons. The molecule has 5 N–H and O–H groups in total. The molecule has 1 aliphatic heterocycles. The Labute approximate surface area is 128 Å². The number of nitrogens with two attached hydrogens (primary N) is 1. The van der Waals surface area contributed by atoms with E-state index in [-0.39, 0.29) is 17.9 Å². The Morgan fingerprint density at radius 3 is 2.52 bits per heavy atom. The summed E-state index contributed by atoms with van der Waals surface area (Å²) in [5, 5.41) is 12.6. The van der Waals surface area contributed by atoms with Crippen molar-refractivity contribution in [1.29, 1.82) is 0 Å². The van der Waals surface area contributed by atoms with Crippen LogP contribution in [-0.4, -0.2) is 57.3 Å². The molecule has 2 unspecified atom stereocenters. The number of thioether (sulfide) groups is 1. The molecule has 8 nitrogen and oxygen atoms in total. The molecule has 0 aliphatic carbocycles. The molecule has 1 aliphatic rings. The average Bonchev–Trinajstić information content (AvgIpc) is 3.02. The largest absolute Gasteiger partial charge is 0.395 e. The molecule has 2 atom stereocenters. The molecule has 0 bridgehead atoms. The highest BCUT2D eigenvalue weighted by Crippen LogP contribution is 2.20. The second-order valence-electron chi connectivity index (χ2n) is 5.01. The normalized spacial score (nSPS) is 17.6. The molecule has 21 heavy (non-hydrogen) atoms. The number of hydrazine groups is 1. The minimum atomic E-state index is 0.0319. The van der Waals surface area contributed by atoms with Crippen LogP contribution in [0.1, 0.15) is 19.8 Å². The molecular weight excluding hydrogens is 290 g/mol. The van der Waals surface area contributed by atoms with Crippen LogP contribution in [0, 0.1) is 0 Å². The van der Waals surface area contributed by atoms with E-state index in [1.807, 2.05) is 13.2 Å². The highest BCUT2D eigenvalue weighted by molar-refractivity contribution is 7.99. The lowest BCUT2D eigenvalue weighted by atomic mass is 10.2. The van der Waals surface area contributed by atoms with Crippen molar-refractivity contribution < 1.29 is 5.11 Å². The first kappa shape index (κ1) is 16.1. The number of nitrogens with zero attached hydrogens (tertiary/aromatic N) is 4. The van der Waals surface area contributed by atoms with E-state index in [2.05, 4.69) is 30.6 Å². The first-order chi connectivity index (χ1) is 10.2. The Kier molecular flexibility index (Phi) is 5.83. The Balaban J connectivity index is 2.16. The number of anilines is 3. The second kappa shape index (κ2) is 7.62. The van der Waals surface area contributed by atoms with E-state index in [0.717, 1.165) is 25.9 Å². The van der Waals surface area contributed by atoms with Gasteiger partial charge in [-0.05, 0) is 26.0 Å². The molecule has 2 heterocycles. The molecular formula is C12H23N7OS. The standard InChI is InChI=1S/C12H23N7OS/c1-8(9(7-20)21-2)14-10-15-11(18-13)17-12(16-10)19-5-3-4-6-19/h8-9,20H,3-7,13H2,1-2H3,(H2,14,15,16,17,18). The SMILES string of the molecule is CSC(CO)C(C)Nc1nc(NN)nc(N2CCCC2)n1. The monoisotopic (exact) mass is 313 g/mol. The Morgan fingerprint density at radius 2 is 1.95 bits per heavy atom. The van der Waals surface area contributed by atoms with Crippen molar-refractivity contribution in [2.24, 2.45) is 5.84 Å². The van der Waals surface area contributed by atoms with Crippen molar-refractivity contribution in [3.8, 4) is 0 Å². The summed E-state index contributed by atoms with van der Waals surface area (Å²) < 4.78 is 0. The summed E-state index contributed by atoms with van der Waals surface area (Å²) in [6.45, 7) is 3.99. The van der Waals surface area contributed by atoms with Crippen LogP contribution in [0.3, 0.4) is 0 Å². The fourth-order valence-corrected chi connectivity index (χ4v) is 2.91. The summed E-state index contributed by atoms with van der Waals surface area (Å²) in [7, 11) is 0. The predicted octanol–water partition coefficient (Wildman–Crippen LogP) is 0.282. The zero-order chi connectivity index (χ0) is 15.2. The van der Waals surface area contributed by atoms with Crippen LogP contribution in [-0.2, 0) is 0 Å². The van der Waals surface area contributed by atoms with Gasteiger partial charge in [0.05, 0.1) is 6.61 Å². The third kappa shape index (κ3) is 4.08. The van der Waals surface area contributed by atoms with E-state index in [9.17, 15) is 5.11 Å². The number of aliphatic hydroxyl groups is 1. The summed E-state index contributed by atoms with van der Waals surface area (Å²) in [5.74, 6) is 6.88. The average molecular weight is 313 g/mol. The van der Waals surface area contributed by atoms with Crippen molar-refractivity contribution in [1.82, 2.24) is 15.0 Å². The quantitative estimate of drug-likeness (QED) is 0.416. The van der Waals surface area contributed by atoms with Crippen LogP contribution >= 0.6 is 11.8 Å². The highest BCUT2D eigenvalue weighted by atomic mass is 32.2. The first-order valence-electron chi connectivity index (χ1n) is 7.05. The number of nitrogens with one attached hydrogen (secondary N) is 2. The van der Waals surface area contributed by atoms with Crippen LogP contribution in [0.2, 0.25) is 0 Å². The fraction of sp³-hybridized carbons (Fsp3) is 0.750. The smallest absolute Gasteiger partial charge is 0.243 e. The van der Waals surface area contributed by atoms with Crippen LogP contribution in [0.15, 0.2) is 0 Å². The summed E-state index contributed by atoms with van der Waals surface area (Å²) in [6, 6.07) is 0.0319. The summed E-state index contributed by atoms with van der Waals surface area (Å²) in [4.78, 5) is 15.1. The first-order valence-corrected chi connectivity index (χ1v) is 8.34. The maximum absolute atomic E-state index is 9.35. The van der Waals surface area contributed by atoms with E-state index in [1.165, 1.54) is 0 Å². The van der Waals surface area contributed by atoms with E-state index in [4.69, 9.17) is 5.84 Å². The van der Waals surface area contributed by atoms with Gasteiger partial charge in [0.1, 0.15) is 0 Å². The minimum absolute atomic E-state index is 0.0319. The van der Waals surface area contributed by atoms with Crippen molar-refractivity contribution in [3.63, 3.8) is 0 Å². The molecule has 2 rings (SSSR count). The Morgan fingerprint density at radius 1 is 1.29 bits per heavy atom. The number of aromatic nitrogens is 3. The minimum Gasteiger partial charge on any atom is -0.395 e. The van der Waals surface area contributed by atoms with Gasteiger partial charge in [-0.15, -0.1) is 0 Å². The lowest BCUT2D eigenvalue weighted by Crippen LogP contribution is -2.32. The van der Waals surface area contributed by atoms with E-state index in [0.29, 0.717) is 17.8 Å². The third-order valence-electron chi connectivity index (χ3n) is 3.54. The van der Waals surface area contributed by atoms with Gasteiger partial charge in [-0.25, -0.2) is 5.84 Å². The van der Waals surface area contributed by atoms with Crippen LogP contribution in [0.4, 0.5) is 17.8 Å². The topological polar surface area (TPSA) is 112 Å². The Hall–Kier alpha value is -1.32. The van der Waals surface area contributed by atoms with Gasteiger partial charge >= 0.3 is 0 Å². The number of nitrogen functional groups attached to an aromatic ring is 1. The van der Waals surface area contributed by atoms with Gasteiger partial charge in [-0.2, -0.15) is 26.7 Å². The summed E-state index contributed by atoms with van der Waals surface area (Å²) in [6.07, 6.45) is 4.26. The van der Waals surface area contributed by atoms with E-state index >= 15 is 0 Å². The van der Waals surface area contributed by atoms with Crippen LogP contribution in [0.5, 0.6) is 0 Å². The van der Waals surface area contributed by atoms with Gasteiger partial charge in [0.25, 0.3) is 0 Å². The van der Waals surface area contributed by atoms with Crippen molar-refractivity contribution in [2.75, 3.05) is 41.6 Å². The number of aliphatic hydroxyl groups excluding tert-OH is 1. The molecule has 0 spiro atoms. The van der Waals surface area contributed by atoms with Crippen molar-refractivity contribution >= 4 is 29.6 Å². The second-order valence-corrected chi connectivity index (χ2v) is 6.09. The molecule has 0 amide bonds. The molecule has 0 aromatic carbocycles. The van der Waals surface area contributed by atoms with Gasteiger partial charge in [-0.3, -0.25) is 5.43 Å². The Bertz CT molecular complexity index is 451. The third-order valence-corrected chi connectivity index (χ3v) is 4.70. The molecule has 1 saturated heterocycles. The molecule has 9 heteroatoms. The number of rotatable bonds is 7. The summed E-state index contributed by atoms with van der Waals surface area (Å²) in [5.41, 5.74) is 2.48.